The van der Waals surface area contributed by atoms with E-state index in [-0.39, 0.29) is 21.3 Å². The molecule has 0 fully saturated rings. The molecule has 0 saturated heterocycles. The summed E-state index contributed by atoms with van der Waals surface area (Å²) in [7, 11) is -4.18. The Balaban J connectivity index is 1.94. The maximum Gasteiger partial charge on any atom is 0.420 e. The largest absolute Gasteiger partial charge is 0.478 e. The highest BCUT2D eigenvalue weighted by Gasteiger charge is 2.35. The standard InChI is InChI=1S/C16H12ClF3N4O4S/c1-8-2-3-10(5-11(8)15(25)26)29(27,28)21-6-13-22-23-14-12(16(18,19)20)4-9(17)7-24(13)14/h2-5,7,21H,6H2,1H3,(H,25,26). The number of benzene rings is 1. The average molecular weight is 449 g/mol. The number of pyridine rings is 1. The SMILES string of the molecule is Cc1ccc(S(=O)(=O)NCc2nnc3c(C(F)(F)F)cc(Cl)cn23)cc1C(=O)O. The first-order valence-electron chi connectivity index (χ1n) is 7.84. The second kappa shape index (κ2) is 7.28. The maximum absolute atomic E-state index is 13.1. The molecule has 3 rings (SSSR count). The minimum atomic E-state index is -4.73. The van der Waals surface area contributed by atoms with E-state index in [2.05, 4.69) is 14.9 Å². The molecule has 0 saturated carbocycles. The second-order valence-electron chi connectivity index (χ2n) is 5.99. The fourth-order valence-electron chi connectivity index (χ4n) is 2.58. The van der Waals surface area contributed by atoms with Crippen molar-refractivity contribution in [3.05, 3.63) is 58.0 Å². The number of carboxylic acid groups (broad SMARTS) is 1. The van der Waals surface area contributed by atoms with Crippen LogP contribution in [-0.4, -0.2) is 34.1 Å². The number of hydrogen-bond donors (Lipinski definition) is 2. The minimum absolute atomic E-state index is 0.137. The van der Waals surface area contributed by atoms with Crippen molar-refractivity contribution in [3.8, 4) is 0 Å². The van der Waals surface area contributed by atoms with Crippen molar-refractivity contribution < 1.29 is 31.5 Å². The van der Waals surface area contributed by atoms with Gasteiger partial charge < -0.3 is 5.11 Å². The Morgan fingerprint density at radius 1 is 1.28 bits per heavy atom. The molecule has 2 N–H and O–H groups in total. The number of alkyl halides is 3. The van der Waals surface area contributed by atoms with E-state index < -0.39 is 39.9 Å². The number of sulfonamides is 1. The Morgan fingerprint density at radius 2 is 1.97 bits per heavy atom. The summed E-state index contributed by atoms with van der Waals surface area (Å²) in [4.78, 5) is 10.9. The van der Waals surface area contributed by atoms with Crippen molar-refractivity contribution in [3.63, 3.8) is 0 Å². The van der Waals surface area contributed by atoms with Gasteiger partial charge in [0, 0.05) is 6.20 Å². The molecule has 0 spiro atoms. The third-order valence-corrected chi connectivity index (χ3v) is 5.62. The summed E-state index contributed by atoms with van der Waals surface area (Å²) in [6.07, 6.45) is -3.60. The van der Waals surface area contributed by atoms with Crippen molar-refractivity contribution in [2.45, 2.75) is 24.5 Å². The first-order chi connectivity index (χ1) is 13.4. The van der Waals surface area contributed by atoms with E-state index >= 15 is 0 Å². The van der Waals surface area contributed by atoms with Gasteiger partial charge in [-0.25, -0.2) is 17.9 Å². The first-order valence-corrected chi connectivity index (χ1v) is 9.70. The number of carbonyl (C=O) groups is 1. The molecule has 154 valence electrons. The molecule has 0 aliphatic rings. The highest BCUT2D eigenvalue weighted by molar-refractivity contribution is 7.89. The highest BCUT2D eigenvalue weighted by atomic mass is 35.5. The van der Waals surface area contributed by atoms with Crippen LogP contribution in [0.25, 0.3) is 5.65 Å². The average Bonchev–Trinajstić information content (AvgIpc) is 3.01. The lowest BCUT2D eigenvalue weighted by atomic mass is 10.1. The lowest BCUT2D eigenvalue weighted by Crippen LogP contribution is -2.25. The van der Waals surface area contributed by atoms with Crippen molar-refractivity contribution in [2.24, 2.45) is 0 Å². The second-order valence-corrected chi connectivity index (χ2v) is 8.19. The molecule has 0 radical (unpaired) electrons. The summed E-state index contributed by atoms with van der Waals surface area (Å²) in [6, 6.07) is 4.23. The number of aromatic carboxylic acids is 1. The Labute approximate surface area is 167 Å². The molecule has 8 nitrogen and oxygen atoms in total. The van der Waals surface area contributed by atoms with Gasteiger partial charge in [0.25, 0.3) is 0 Å². The van der Waals surface area contributed by atoms with Crippen LogP contribution < -0.4 is 4.72 Å². The van der Waals surface area contributed by atoms with Crippen molar-refractivity contribution >= 4 is 33.2 Å². The van der Waals surface area contributed by atoms with E-state index in [0.29, 0.717) is 11.6 Å². The molecular weight excluding hydrogens is 437 g/mol. The quantitative estimate of drug-likeness (QED) is 0.620. The first kappa shape index (κ1) is 21.0. The van der Waals surface area contributed by atoms with Crippen LogP contribution in [0.5, 0.6) is 0 Å². The monoisotopic (exact) mass is 448 g/mol. The Kier molecular flexibility index (Phi) is 5.28. The van der Waals surface area contributed by atoms with Gasteiger partial charge in [0.2, 0.25) is 10.0 Å². The number of aryl methyl sites for hydroxylation is 1. The van der Waals surface area contributed by atoms with Crippen LogP contribution in [-0.2, 0) is 22.7 Å². The van der Waals surface area contributed by atoms with Crippen molar-refractivity contribution in [1.82, 2.24) is 19.3 Å². The van der Waals surface area contributed by atoms with Gasteiger partial charge in [-0.1, -0.05) is 17.7 Å². The van der Waals surface area contributed by atoms with E-state index in [1.54, 1.807) is 0 Å². The van der Waals surface area contributed by atoms with Crippen molar-refractivity contribution in [2.75, 3.05) is 0 Å². The number of aromatic nitrogens is 3. The fourth-order valence-corrected chi connectivity index (χ4v) is 3.79. The topological polar surface area (TPSA) is 114 Å². The number of rotatable bonds is 5. The lowest BCUT2D eigenvalue weighted by Gasteiger charge is -2.10. The summed E-state index contributed by atoms with van der Waals surface area (Å²) in [6.45, 7) is 1.01. The molecule has 13 heteroatoms. The van der Waals surface area contributed by atoms with Crippen LogP contribution in [0.1, 0.15) is 27.3 Å². The van der Waals surface area contributed by atoms with Gasteiger partial charge in [-0.05, 0) is 30.7 Å². The van der Waals surface area contributed by atoms with E-state index in [1.165, 1.54) is 19.1 Å². The van der Waals surface area contributed by atoms with E-state index in [4.69, 9.17) is 16.7 Å². The van der Waals surface area contributed by atoms with Gasteiger partial charge in [0.15, 0.2) is 11.5 Å². The van der Waals surface area contributed by atoms with Gasteiger partial charge in [0.05, 0.1) is 22.0 Å². The summed E-state index contributed by atoms with van der Waals surface area (Å²) in [5, 5.41) is 16.0. The number of hydrogen-bond acceptors (Lipinski definition) is 5. The molecular formula is C16H12ClF3N4O4S. The molecule has 0 aliphatic carbocycles. The van der Waals surface area contributed by atoms with Crippen LogP contribution in [0, 0.1) is 6.92 Å². The third-order valence-electron chi connectivity index (χ3n) is 4.02. The molecule has 0 atom stereocenters. The normalized spacial score (nSPS) is 12.4. The molecule has 0 unspecified atom stereocenters. The van der Waals surface area contributed by atoms with Crippen LogP contribution in [0.15, 0.2) is 35.4 Å². The van der Waals surface area contributed by atoms with E-state index in [9.17, 15) is 26.4 Å². The third kappa shape index (κ3) is 4.18. The summed E-state index contributed by atoms with van der Waals surface area (Å²) < 4.78 is 67.5. The van der Waals surface area contributed by atoms with Crippen LogP contribution in [0.2, 0.25) is 5.02 Å². The number of nitrogens with one attached hydrogen (secondary N) is 1. The smallest absolute Gasteiger partial charge is 0.420 e. The molecule has 29 heavy (non-hydrogen) atoms. The summed E-state index contributed by atoms with van der Waals surface area (Å²) in [5.41, 5.74) is -1.47. The maximum atomic E-state index is 13.1. The number of fused-ring (bicyclic) bond motifs is 1. The Bertz CT molecular complexity index is 1220. The zero-order valence-electron chi connectivity index (χ0n) is 14.5. The Morgan fingerprint density at radius 3 is 2.59 bits per heavy atom. The van der Waals surface area contributed by atoms with Crippen LogP contribution >= 0.6 is 11.6 Å². The zero-order valence-corrected chi connectivity index (χ0v) is 16.1. The Hall–Kier alpha value is -2.70. The molecule has 0 bridgehead atoms. The van der Waals surface area contributed by atoms with Crippen LogP contribution in [0.4, 0.5) is 13.2 Å². The van der Waals surface area contributed by atoms with Crippen LogP contribution in [0.3, 0.4) is 0 Å². The van der Waals surface area contributed by atoms with Gasteiger partial charge >= 0.3 is 12.1 Å². The molecule has 3 aromatic rings. The van der Waals surface area contributed by atoms with Gasteiger partial charge in [-0.15, -0.1) is 10.2 Å². The van der Waals surface area contributed by atoms with E-state index in [1.807, 2.05) is 0 Å². The fraction of sp³-hybridized carbons (Fsp3) is 0.188. The number of halogens is 4. The minimum Gasteiger partial charge on any atom is -0.478 e. The highest BCUT2D eigenvalue weighted by Crippen LogP contribution is 2.33. The number of carboxylic acids is 1. The molecule has 0 aliphatic heterocycles. The summed E-state index contributed by atoms with van der Waals surface area (Å²) in [5.74, 6) is -1.43. The molecule has 2 aromatic heterocycles. The predicted molar refractivity (Wildman–Crippen MR) is 95.2 cm³/mol. The van der Waals surface area contributed by atoms with E-state index in [0.717, 1.165) is 16.7 Å². The predicted octanol–water partition coefficient (Wildman–Crippen LogP) is 2.89. The van der Waals surface area contributed by atoms with Gasteiger partial charge in [-0.2, -0.15) is 13.2 Å². The van der Waals surface area contributed by atoms with Gasteiger partial charge in [-0.3, -0.25) is 4.40 Å². The van der Waals surface area contributed by atoms with Gasteiger partial charge in [0.1, 0.15) is 5.56 Å². The van der Waals surface area contributed by atoms with Crippen molar-refractivity contribution in [1.29, 1.82) is 0 Å². The lowest BCUT2D eigenvalue weighted by molar-refractivity contribution is -0.136. The molecule has 1 aromatic carbocycles. The molecule has 0 amide bonds. The summed E-state index contributed by atoms with van der Waals surface area (Å²) >= 11 is 5.74. The number of nitrogens with zero attached hydrogens (tertiary/aromatic N) is 3. The zero-order chi connectivity index (χ0) is 21.6. The molecule has 2 heterocycles.